The van der Waals surface area contributed by atoms with Crippen LogP contribution < -0.4 is 0 Å². The van der Waals surface area contributed by atoms with E-state index in [1.807, 2.05) is 0 Å². The minimum absolute atomic E-state index is 0.00255. The van der Waals surface area contributed by atoms with Gasteiger partial charge >= 0.3 is 0 Å². The molecule has 0 amide bonds. The summed E-state index contributed by atoms with van der Waals surface area (Å²) in [6.45, 7) is 3.92. The number of hydrogen-bond donors (Lipinski definition) is 0. The quantitative estimate of drug-likeness (QED) is 0.757. The third kappa shape index (κ3) is 3.43. The van der Waals surface area contributed by atoms with Crippen LogP contribution in [0.1, 0.15) is 45.4 Å². The molecule has 3 nitrogen and oxygen atoms in total. The highest BCUT2D eigenvalue weighted by molar-refractivity contribution is 4.88. The van der Waals surface area contributed by atoms with Crippen LogP contribution in [0, 0.1) is 29.1 Å². The van der Waals surface area contributed by atoms with Crippen LogP contribution in [-0.4, -0.2) is 19.5 Å². The molecular formula is C14H23NO2. The number of hydrogen-bond acceptors (Lipinski definition) is 3. The zero-order chi connectivity index (χ0) is 12.1. The van der Waals surface area contributed by atoms with Crippen molar-refractivity contribution in [2.45, 2.75) is 51.7 Å². The van der Waals surface area contributed by atoms with E-state index < -0.39 is 0 Å². The summed E-state index contributed by atoms with van der Waals surface area (Å²) in [5, 5.41) is 8.87. The van der Waals surface area contributed by atoms with Crippen molar-refractivity contribution in [2.24, 2.45) is 17.8 Å². The summed E-state index contributed by atoms with van der Waals surface area (Å²) >= 11 is 0. The number of nitriles is 1. The van der Waals surface area contributed by atoms with Crippen LogP contribution in [0.25, 0.3) is 0 Å². The number of rotatable bonds is 3. The second kappa shape index (κ2) is 6.37. The predicted octanol–water partition coefficient (Wildman–Crippen LogP) is 3.11. The molecule has 0 bridgehead atoms. The maximum Gasteiger partial charge on any atom is 0.160 e. The lowest BCUT2D eigenvalue weighted by molar-refractivity contribution is -0.229. The van der Waals surface area contributed by atoms with Gasteiger partial charge in [-0.15, -0.1) is 0 Å². The lowest BCUT2D eigenvalue weighted by atomic mass is 9.82. The van der Waals surface area contributed by atoms with E-state index in [9.17, 15) is 0 Å². The third-order valence-corrected chi connectivity index (χ3v) is 4.03. The molecule has 3 heteroatoms. The van der Waals surface area contributed by atoms with Crippen molar-refractivity contribution in [3.05, 3.63) is 0 Å². The van der Waals surface area contributed by atoms with Crippen molar-refractivity contribution in [1.29, 1.82) is 5.26 Å². The maximum absolute atomic E-state index is 8.87. The maximum atomic E-state index is 8.87. The fourth-order valence-electron chi connectivity index (χ4n) is 2.93. The standard InChI is InChI=1S/C14H23NO2/c1-2-3-12-9-16-14(17-10-12)13-6-4-11(8-15)5-7-13/h11-14H,2-7,9-10H2,1H3. The molecule has 1 saturated heterocycles. The highest BCUT2D eigenvalue weighted by atomic mass is 16.7. The molecule has 2 rings (SSSR count). The Morgan fingerprint density at radius 2 is 1.76 bits per heavy atom. The van der Waals surface area contributed by atoms with E-state index in [4.69, 9.17) is 14.7 Å². The van der Waals surface area contributed by atoms with E-state index in [0.717, 1.165) is 38.9 Å². The van der Waals surface area contributed by atoms with Gasteiger partial charge in [-0.25, -0.2) is 0 Å². The summed E-state index contributed by atoms with van der Waals surface area (Å²) in [6.07, 6.45) is 6.61. The molecule has 1 saturated carbocycles. The Balaban J connectivity index is 1.72. The molecule has 17 heavy (non-hydrogen) atoms. The highest BCUT2D eigenvalue weighted by Crippen LogP contribution is 2.33. The molecule has 1 aliphatic carbocycles. The predicted molar refractivity (Wildman–Crippen MR) is 65.2 cm³/mol. The monoisotopic (exact) mass is 237 g/mol. The van der Waals surface area contributed by atoms with Gasteiger partial charge in [-0.2, -0.15) is 5.26 Å². The lowest BCUT2D eigenvalue weighted by Gasteiger charge is -2.36. The molecule has 0 unspecified atom stereocenters. The molecule has 0 atom stereocenters. The largest absolute Gasteiger partial charge is 0.352 e. The molecule has 0 aromatic rings. The van der Waals surface area contributed by atoms with Crippen LogP contribution in [-0.2, 0) is 9.47 Å². The van der Waals surface area contributed by atoms with Crippen molar-refractivity contribution in [2.75, 3.05) is 13.2 Å². The normalized spacial score (nSPS) is 38.6. The lowest BCUT2D eigenvalue weighted by Crippen LogP contribution is -2.38. The first-order valence-electron chi connectivity index (χ1n) is 6.96. The minimum Gasteiger partial charge on any atom is -0.352 e. The van der Waals surface area contributed by atoms with Gasteiger partial charge in [0.1, 0.15) is 0 Å². The van der Waals surface area contributed by atoms with Crippen molar-refractivity contribution in [3.8, 4) is 6.07 Å². The van der Waals surface area contributed by atoms with E-state index in [1.165, 1.54) is 12.8 Å². The number of ether oxygens (including phenoxy) is 2. The average Bonchev–Trinajstić information content (AvgIpc) is 2.40. The molecular weight excluding hydrogens is 214 g/mol. The van der Waals surface area contributed by atoms with Gasteiger partial charge in [0, 0.05) is 17.8 Å². The van der Waals surface area contributed by atoms with Gasteiger partial charge in [-0.05, 0) is 32.1 Å². The zero-order valence-electron chi connectivity index (χ0n) is 10.7. The van der Waals surface area contributed by atoms with E-state index in [-0.39, 0.29) is 12.2 Å². The summed E-state index contributed by atoms with van der Waals surface area (Å²) in [6, 6.07) is 2.37. The second-order valence-corrected chi connectivity index (χ2v) is 5.43. The Kier molecular flexibility index (Phi) is 4.82. The average molecular weight is 237 g/mol. The van der Waals surface area contributed by atoms with Crippen LogP contribution in [0.2, 0.25) is 0 Å². The first-order valence-corrected chi connectivity index (χ1v) is 6.96. The summed E-state index contributed by atoms with van der Waals surface area (Å²) in [5.74, 6) is 1.37. The van der Waals surface area contributed by atoms with Crippen LogP contribution in [0.15, 0.2) is 0 Å². The van der Waals surface area contributed by atoms with Gasteiger partial charge in [0.25, 0.3) is 0 Å². The smallest absolute Gasteiger partial charge is 0.160 e. The van der Waals surface area contributed by atoms with Gasteiger partial charge < -0.3 is 9.47 Å². The summed E-state index contributed by atoms with van der Waals surface area (Å²) in [5.41, 5.74) is 0. The summed E-state index contributed by atoms with van der Waals surface area (Å²) < 4.78 is 11.7. The van der Waals surface area contributed by atoms with Crippen LogP contribution in [0.4, 0.5) is 0 Å². The molecule has 2 aliphatic rings. The Labute approximate surface area is 104 Å². The summed E-state index contributed by atoms with van der Waals surface area (Å²) in [4.78, 5) is 0. The first kappa shape index (κ1) is 12.9. The number of nitrogens with zero attached hydrogens (tertiary/aromatic N) is 1. The van der Waals surface area contributed by atoms with Gasteiger partial charge in [-0.1, -0.05) is 13.3 Å². The van der Waals surface area contributed by atoms with Crippen LogP contribution >= 0.6 is 0 Å². The molecule has 0 aromatic heterocycles. The highest BCUT2D eigenvalue weighted by Gasteiger charge is 2.32. The van der Waals surface area contributed by atoms with Gasteiger partial charge in [-0.3, -0.25) is 0 Å². The zero-order valence-corrected chi connectivity index (χ0v) is 10.7. The third-order valence-electron chi connectivity index (χ3n) is 4.03. The molecule has 1 heterocycles. The Hall–Kier alpha value is -0.590. The van der Waals surface area contributed by atoms with Gasteiger partial charge in [0.15, 0.2) is 6.29 Å². The fourth-order valence-corrected chi connectivity index (χ4v) is 2.93. The van der Waals surface area contributed by atoms with Crippen molar-refractivity contribution in [3.63, 3.8) is 0 Å². The SMILES string of the molecule is CCCC1COC(C2CCC(C#N)CC2)OC1. The van der Waals surface area contributed by atoms with Gasteiger partial charge in [0.2, 0.25) is 0 Å². The van der Waals surface area contributed by atoms with Crippen LogP contribution in [0.5, 0.6) is 0 Å². The molecule has 96 valence electrons. The molecule has 2 fully saturated rings. The Bertz CT molecular complexity index is 258. The summed E-state index contributed by atoms with van der Waals surface area (Å²) in [7, 11) is 0. The van der Waals surface area contributed by atoms with E-state index >= 15 is 0 Å². The topological polar surface area (TPSA) is 42.2 Å². The molecule has 0 radical (unpaired) electrons. The van der Waals surface area contributed by atoms with E-state index in [2.05, 4.69) is 13.0 Å². The second-order valence-electron chi connectivity index (χ2n) is 5.43. The molecule has 0 N–H and O–H groups in total. The molecule has 1 aliphatic heterocycles. The molecule has 0 aromatic carbocycles. The first-order chi connectivity index (χ1) is 8.33. The van der Waals surface area contributed by atoms with E-state index in [1.54, 1.807) is 0 Å². The molecule has 0 spiro atoms. The Morgan fingerprint density at radius 1 is 1.12 bits per heavy atom. The van der Waals surface area contributed by atoms with E-state index in [0.29, 0.717) is 11.8 Å². The van der Waals surface area contributed by atoms with Crippen molar-refractivity contribution < 1.29 is 9.47 Å². The van der Waals surface area contributed by atoms with Crippen molar-refractivity contribution in [1.82, 2.24) is 0 Å². The minimum atomic E-state index is 0.00255. The van der Waals surface area contributed by atoms with Crippen LogP contribution in [0.3, 0.4) is 0 Å². The van der Waals surface area contributed by atoms with Gasteiger partial charge in [0.05, 0.1) is 19.3 Å². The van der Waals surface area contributed by atoms with Crippen molar-refractivity contribution >= 4 is 0 Å². The Morgan fingerprint density at radius 3 is 2.29 bits per heavy atom. The fraction of sp³-hybridized carbons (Fsp3) is 0.929.